The van der Waals surface area contributed by atoms with E-state index in [1.807, 2.05) is 6.07 Å². The van der Waals surface area contributed by atoms with Crippen LogP contribution in [0.25, 0.3) is 0 Å². The first-order valence-electron chi connectivity index (χ1n) is 3.96. The van der Waals surface area contributed by atoms with Crippen LogP contribution in [0.2, 0.25) is 0 Å². The standard InChI is InChI=1S/C8H13NO2/c9-6-5-8(11)4-2-1-3-7(8)10/h7,10-11H,1-5H2. The molecule has 3 heteroatoms. The van der Waals surface area contributed by atoms with Gasteiger partial charge >= 0.3 is 0 Å². The molecule has 0 saturated heterocycles. The van der Waals surface area contributed by atoms with Gasteiger partial charge in [-0.3, -0.25) is 0 Å². The zero-order valence-corrected chi connectivity index (χ0v) is 6.45. The minimum absolute atomic E-state index is 0.0498. The zero-order chi connectivity index (χ0) is 8.32. The number of aliphatic hydroxyl groups is 2. The molecule has 62 valence electrons. The number of hydrogen-bond acceptors (Lipinski definition) is 3. The van der Waals surface area contributed by atoms with Crippen molar-refractivity contribution in [3.05, 3.63) is 0 Å². The van der Waals surface area contributed by atoms with Crippen LogP contribution in [0.1, 0.15) is 32.1 Å². The first-order chi connectivity index (χ1) is 5.19. The summed E-state index contributed by atoms with van der Waals surface area (Å²) in [7, 11) is 0. The molecule has 1 saturated carbocycles. The van der Waals surface area contributed by atoms with E-state index >= 15 is 0 Å². The van der Waals surface area contributed by atoms with Crippen molar-refractivity contribution in [3.63, 3.8) is 0 Å². The third kappa shape index (κ3) is 1.70. The largest absolute Gasteiger partial charge is 0.390 e. The monoisotopic (exact) mass is 155 g/mol. The van der Waals surface area contributed by atoms with Gasteiger partial charge in [-0.2, -0.15) is 5.26 Å². The highest BCUT2D eigenvalue weighted by molar-refractivity contribution is 4.96. The van der Waals surface area contributed by atoms with E-state index in [-0.39, 0.29) is 6.42 Å². The Hall–Kier alpha value is -0.590. The number of hydrogen-bond donors (Lipinski definition) is 2. The first-order valence-corrected chi connectivity index (χ1v) is 3.96. The topological polar surface area (TPSA) is 64.2 Å². The smallest absolute Gasteiger partial charge is 0.103 e. The molecule has 3 nitrogen and oxygen atoms in total. The van der Waals surface area contributed by atoms with Gasteiger partial charge in [-0.15, -0.1) is 0 Å². The zero-order valence-electron chi connectivity index (χ0n) is 6.45. The van der Waals surface area contributed by atoms with Gasteiger partial charge in [0.05, 0.1) is 18.6 Å². The summed E-state index contributed by atoms with van der Waals surface area (Å²) in [6, 6.07) is 1.90. The third-order valence-electron chi connectivity index (χ3n) is 2.34. The molecular formula is C8H13NO2. The maximum absolute atomic E-state index is 9.67. The molecule has 1 aliphatic carbocycles. The number of nitrogens with zero attached hydrogens (tertiary/aromatic N) is 1. The van der Waals surface area contributed by atoms with E-state index in [0.717, 1.165) is 12.8 Å². The highest BCUT2D eigenvalue weighted by Gasteiger charge is 2.37. The summed E-state index contributed by atoms with van der Waals surface area (Å²) in [5.74, 6) is 0. The molecule has 0 amide bonds. The Morgan fingerprint density at radius 1 is 1.55 bits per heavy atom. The summed E-state index contributed by atoms with van der Waals surface area (Å²) >= 11 is 0. The van der Waals surface area contributed by atoms with Crippen molar-refractivity contribution in [1.29, 1.82) is 5.26 Å². The normalized spacial score (nSPS) is 38.1. The SMILES string of the molecule is N#CCC1(O)CCCCC1O. The number of nitriles is 1. The van der Waals surface area contributed by atoms with Crippen molar-refractivity contribution in [3.8, 4) is 6.07 Å². The lowest BCUT2D eigenvalue weighted by molar-refractivity contribution is -0.0961. The highest BCUT2D eigenvalue weighted by atomic mass is 16.3. The molecule has 0 aliphatic heterocycles. The van der Waals surface area contributed by atoms with Gasteiger partial charge in [-0.1, -0.05) is 12.8 Å². The predicted octanol–water partition coefficient (Wildman–Crippen LogP) is 0.566. The molecule has 0 bridgehead atoms. The molecule has 0 radical (unpaired) electrons. The van der Waals surface area contributed by atoms with Crippen LogP contribution < -0.4 is 0 Å². The molecular weight excluding hydrogens is 142 g/mol. The summed E-state index contributed by atoms with van der Waals surface area (Å²) in [5.41, 5.74) is -1.12. The molecule has 1 rings (SSSR count). The Balaban J connectivity index is 2.58. The summed E-state index contributed by atoms with van der Waals surface area (Å²) in [4.78, 5) is 0. The molecule has 0 heterocycles. The second-order valence-corrected chi connectivity index (χ2v) is 3.20. The fourth-order valence-corrected chi connectivity index (χ4v) is 1.55. The number of aliphatic hydroxyl groups excluding tert-OH is 1. The molecule has 11 heavy (non-hydrogen) atoms. The lowest BCUT2D eigenvalue weighted by Gasteiger charge is -2.34. The minimum atomic E-state index is -1.12. The van der Waals surface area contributed by atoms with Crippen LogP contribution in [0, 0.1) is 11.3 Å². The van der Waals surface area contributed by atoms with Crippen molar-refractivity contribution in [2.24, 2.45) is 0 Å². The van der Waals surface area contributed by atoms with Crippen LogP contribution in [-0.2, 0) is 0 Å². The maximum atomic E-state index is 9.67. The van der Waals surface area contributed by atoms with Gasteiger partial charge in [0.2, 0.25) is 0 Å². The first kappa shape index (κ1) is 8.51. The van der Waals surface area contributed by atoms with Gasteiger partial charge in [0, 0.05) is 0 Å². The summed E-state index contributed by atoms with van der Waals surface area (Å²) in [6.07, 6.45) is 2.40. The van der Waals surface area contributed by atoms with Crippen LogP contribution in [0.4, 0.5) is 0 Å². The third-order valence-corrected chi connectivity index (χ3v) is 2.34. The van der Waals surface area contributed by atoms with Crippen molar-refractivity contribution in [1.82, 2.24) is 0 Å². The fraction of sp³-hybridized carbons (Fsp3) is 0.875. The summed E-state index contributed by atoms with van der Waals surface area (Å²) in [6.45, 7) is 0. The fourth-order valence-electron chi connectivity index (χ4n) is 1.55. The van der Waals surface area contributed by atoms with Gasteiger partial charge in [0.15, 0.2) is 0 Å². The van der Waals surface area contributed by atoms with Gasteiger partial charge in [0.1, 0.15) is 5.60 Å². The van der Waals surface area contributed by atoms with E-state index in [2.05, 4.69) is 0 Å². The Labute approximate surface area is 66.3 Å². The highest BCUT2D eigenvalue weighted by Crippen LogP contribution is 2.30. The van der Waals surface area contributed by atoms with Crippen LogP contribution in [0.5, 0.6) is 0 Å². The number of rotatable bonds is 1. The Bertz CT molecular complexity index is 175. The Morgan fingerprint density at radius 3 is 2.82 bits per heavy atom. The Morgan fingerprint density at radius 2 is 2.27 bits per heavy atom. The second-order valence-electron chi connectivity index (χ2n) is 3.20. The van der Waals surface area contributed by atoms with E-state index < -0.39 is 11.7 Å². The van der Waals surface area contributed by atoms with Crippen LogP contribution >= 0.6 is 0 Å². The molecule has 0 aromatic heterocycles. The van der Waals surface area contributed by atoms with Crippen LogP contribution in [0.15, 0.2) is 0 Å². The maximum Gasteiger partial charge on any atom is 0.103 e. The van der Waals surface area contributed by atoms with E-state index in [4.69, 9.17) is 5.26 Å². The quantitative estimate of drug-likeness (QED) is 0.581. The molecule has 0 spiro atoms. The van der Waals surface area contributed by atoms with Crippen molar-refractivity contribution < 1.29 is 10.2 Å². The Kier molecular flexibility index (Phi) is 2.48. The average molecular weight is 155 g/mol. The molecule has 2 atom stereocenters. The van der Waals surface area contributed by atoms with Crippen LogP contribution in [-0.4, -0.2) is 21.9 Å². The molecule has 1 fully saturated rings. The predicted molar refractivity (Wildman–Crippen MR) is 39.7 cm³/mol. The molecule has 2 unspecified atom stereocenters. The van der Waals surface area contributed by atoms with E-state index in [1.165, 1.54) is 0 Å². The minimum Gasteiger partial charge on any atom is -0.390 e. The summed E-state index contributed by atoms with van der Waals surface area (Å²) in [5, 5.41) is 27.4. The molecule has 1 aliphatic rings. The molecule has 0 aromatic rings. The average Bonchev–Trinajstić information content (AvgIpc) is 1.96. The molecule has 2 N–H and O–H groups in total. The van der Waals surface area contributed by atoms with Gasteiger partial charge in [-0.05, 0) is 12.8 Å². The van der Waals surface area contributed by atoms with Crippen molar-refractivity contribution in [2.75, 3.05) is 0 Å². The summed E-state index contributed by atoms with van der Waals surface area (Å²) < 4.78 is 0. The molecule has 0 aromatic carbocycles. The van der Waals surface area contributed by atoms with E-state index in [0.29, 0.717) is 12.8 Å². The van der Waals surface area contributed by atoms with Gasteiger partial charge in [-0.25, -0.2) is 0 Å². The van der Waals surface area contributed by atoms with Crippen molar-refractivity contribution >= 4 is 0 Å². The lowest BCUT2D eigenvalue weighted by atomic mass is 9.80. The van der Waals surface area contributed by atoms with Gasteiger partial charge < -0.3 is 10.2 Å². The lowest BCUT2D eigenvalue weighted by Crippen LogP contribution is -2.44. The van der Waals surface area contributed by atoms with Crippen molar-refractivity contribution in [2.45, 2.75) is 43.8 Å². The van der Waals surface area contributed by atoms with E-state index in [9.17, 15) is 10.2 Å². The van der Waals surface area contributed by atoms with E-state index in [1.54, 1.807) is 0 Å². The van der Waals surface area contributed by atoms with Gasteiger partial charge in [0.25, 0.3) is 0 Å². The van der Waals surface area contributed by atoms with Crippen LogP contribution in [0.3, 0.4) is 0 Å². The second kappa shape index (κ2) is 3.21.